The Labute approximate surface area is 174 Å². The van der Waals surface area contributed by atoms with Crippen LogP contribution in [0, 0.1) is 11.8 Å². The lowest BCUT2D eigenvalue weighted by atomic mass is 9.77. The molecular formula is C26H44N2. The van der Waals surface area contributed by atoms with Crippen LogP contribution in [0.5, 0.6) is 0 Å². The minimum absolute atomic E-state index is 0.616. The Kier molecular flexibility index (Phi) is 9.28. The molecule has 2 aliphatic carbocycles. The molecule has 158 valence electrons. The fourth-order valence-corrected chi connectivity index (χ4v) is 5.63. The molecule has 0 bridgehead atoms. The molecule has 2 heteroatoms. The molecule has 0 saturated heterocycles. The maximum atomic E-state index is 4.85. The van der Waals surface area contributed by atoms with Crippen LogP contribution in [0.1, 0.15) is 140 Å². The van der Waals surface area contributed by atoms with E-state index in [0.717, 1.165) is 17.7 Å². The molecule has 2 nitrogen and oxygen atoms in total. The Hall–Kier alpha value is -0.920. The van der Waals surface area contributed by atoms with E-state index < -0.39 is 0 Å². The van der Waals surface area contributed by atoms with Crippen LogP contribution in [0.4, 0.5) is 0 Å². The smallest absolute Gasteiger partial charge is 0.131 e. The average molecular weight is 385 g/mol. The minimum Gasteiger partial charge on any atom is -0.241 e. The summed E-state index contributed by atoms with van der Waals surface area (Å²) in [5.41, 5.74) is 1.41. The van der Waals surface area contributed by atoms with Crippen LogP contribution in [0.15, 0.2) is 12.4 Å². The number of aromatic nitrogens is 2. The monoisotopic (exact) mass is 384 g/mol. The molecule has 0 aliphatic heterocycles. The number of hydrogen-bond donors (Lipinski definition) is 0. The number of unbranched alkanes of at least 4 members (excludes halogenated alkanes) is 4. The lowest BCUT2D eigenvalue weighted by Gasteiger charge is -2.29. The third-order valence-corrected chi connectivity index (χ3v) is 7.65. The first-order valence-corrected chi connectivity index (χ1v) is 12.6. The third kappa shape index (κ3) is 6.56. The first kappa shape index (κ1) is 21.8. The van der Waals surface area contributed by atoms with Gasteiger partial charge in [-0.25, -0.2) is 9.97 Å². The van der Waals surface area contributed by atoms with Gasteiger partial charge in [-0.3, -0.25) is 0 Å². The Balaban J connectivity index is 1.41. The molecule has 0 amide bonds. The van der Waals surface area contributed by atoms with Gasteiger partial charge >= 0.3 is 0 Å². The van der Waals surface area contributed by atoms with Crippen LogP contribution in [-0.2, 0) is 0 Å². The van der Waals surface area contributed by atoms with Gasteiger partial charge in [-0.05, 0) is 74.7 Å². The van der Waals surface area contributed by atoms with E-state index in [0.29, 0.717) is 11.8 Å². The largest absolute Gasteiger partial charge is 0.241 e. The predicted molar refractivity (Wildman–Crippen MR) is 120 cm³/mol. The molecule has 0 spiro atoms. The van der Waals surface area contributed by atoms with Gasteiger partial charge in [-0.2, -0.15) is 0 Å². The molecule has 2 aliphatic rings. The quantitative estimate of drug-likeness (QED) is 0.380. The van der Waals surface area contributed by atoms with Crippen molar-refractivity contribution >= 4 is 0 Å². The van der Waals surface area contributed by atoms with Crippen molar-refractivity contribution in [1.82, 2.24) is 9.97 Å². The highest BCUT2D eigenvalue weighted by atomic mass is 14.9. The van der Waals surface area contributed by atoms with Crippen molar-refractivity contribution < 1.29 is 0 Å². The van der Waals surface area contributed by atoms with Crippen molar-refractivity contribution in [1.29, 1.82) is 0 Å². The Morgan fingerprint density at radius 3 is 1.57 bits per heavy atom. The topological polar surface area (TPSA) is 25.8 Å². The Bertz CT molecular complexity index is 473. The van der Waals surface area contributed by atoms with E-state index in [1.807, 2.05) is 0 Å². The van der Waals surface area contributed by atoms with Crippen LogP contribution in [0.25, 0.3) is 0 Å². The number of nitrogens with zero attached hydrogens (tertiary/aromatic N) is 2. The zero-order valence-corrected chi connectivity index (χ0v) is 18.7. The number of hydrogen-bond acceptors (Lipinski definition) is 2. The highest BCUT2D eigenvalue weighted by Crippen LogP contribution is 2.39. The Morgan fingerprint density at radius 2 is 1.11 bits per heavy atom. The van der Waals surface area contributed by atoms with E-state index in [1.165, 1.54) is 108 Å². The highest BCUT2D eigenvalue weighted by molar-refractivity contribution is 5.14. The summed E-state index contributed by atoms with van der Waals surface area (Å²) in [7, 11) is 0. The summed E-state index contributed by atoms with van der Waals surface area (Å²) in [4.78, 5) is 9.69. The zero-order chi connectivity index (χ0) is 19.6. The summed E-state index contributed by atoms with van der Waals surface area (Å²) in [6.07, 6.45) is 26.6. The van der Waals surface area contributed by atoms with Gasteiger partial charge in [0.15, 0.2) is 0 Å². The van der Waals surface area contributed by atoms with Crippen LogP contribution in [0.3, 0.4) is 0 Å². The molecule has 0 aromatic carbocycles. The van der Waals surface area contributed by atoms with Gasteiger partial charge in [0.1, 0.15) is 5.82 Å². The molecule has 0 atom stereocenters. The standard InChI is InChI=1S/C26H44N2/c1-3-5-7-9-21-11-15-23(16-12-21)25-19-27-26(28-20-25)24-17-13-22(14-18-24)10-8-6-4-2/h19-24H,3-18H2,1-2H3/t21-,22-,23-,24-. The summed E-state index contributed by atoms with van der Waals surface area (Å²) in [6, 6.07) is 0. The van der Waals surface area contributed by atoms with Crippen LogP contribution >= 0.6 is 0 Å². The minimum atomic E-state index is 0.616. The summed E-state index contributed by atoms with van der Waals surface area (Å²) in [6.45, 7) is 4.61. The molecular weight excluding hydrogens is 340 g/mol. The first-order valence-electron chi connectivity index (χ1n) is 12.6. The van der Waals surface area contributed by atoms with Crippen molar-refractivity contribution in [2.24, 2.45) is 11.8 Å². The van der Waals surface area contributed by atoms with Gasteiger partial charge < -0.3 is 0 Å². The highest BCUT2D eigenvalue weighted by Gasteiger charge is 2.25. The maximum Gasteiger partial charge on any atom is 0.131 e. The Morgan fingerprint density at radius 1 is 0.643 bits per heavy atom. The van der Waals surface area contributed by atoms with Crippen LogP contribution < -0.4 is 0 Å². The number of rotatable bonds is 10. The third-order valence-electron chi connectivity index (χ3n) is 7.65. The summed E-state index contributed by atoms with van der Waals surface area (Å²) >= 11 is 0. The van der Waals surface area contributed by atoms with E-state index in [4.69, 9.17) is 9.97 Å². The van der Waals surface area contributed by atoms with Gasteiger partial charge in [-0.1, -0.05) is 65.2 Å². The second-order valence-corrected chi connectivity index (χ2v) is 9.80. The molecule has 1 aromatic heterocycles. The van der Waals surface area contributed by atoms with Crippen molar-refractivity contribution in [2.45, 2.75) is 128 Å². The fraction of sp³-hybridized carbons (Fsp3) is 0.846. The van der Waals surface area contributed by atoms with E-state index in [1.54, 1.807) is 0 Å². The predicted octanol–water partition coefficient (Wildman–Crippen LogP) is 8.18. The fourth-order valence-electron chi connectivity index (χ4n) is 5.63. The van der Waals surface area contributed by atoms with Crippen molar-refractivity contribution in [3.05, 3.63) is 23.8 Å². The van der Waals surface area contributed by atoms with E-state index in [9.17, 15) is 0 Å². The molecule has 2 saturated carbocycles. The second kappa shape index (κ2) is 11.9. The zero-order valence-electron chi connectivity index (χ0n) is 18.7. The second-order valence-electron chi connectivity index (χ2n) is 9.80. The van der Waals surface area contributed by atoms with Gasteiger partial charge in [0, 0.05) is 18.3 Å². The molecule has 1 heterocycles. The lowest BCUT2D eigenvalue weighted by Crippen LogP contribution is -2.17. The average Bonchev–Trinajstić information content (AvgIpc) is 2.75. The SMILES string of the molecule is CCCCC[C@H]1CC[C@H](c2cnc([C@H]3CC[C@H](CCCCC)CC3)nc2)CC1. The van der Waals surface area contributed by atoms with E-state index >= 15 is 0 Å². The van der Waals surface area contributed by atoms with Crippen molar-refractivity contribution in [2.75, 3.05) is 0 Å². The molecule has 0 unspecified atom stereocenters. The first-order chi connectivity index (χ1) is 13.8. The molecule has 3 rings (SSSR count). The van der Waals surface area contributed by atoms with E-state index in [-0.39, 0.29) is 0 Å². The molecule has 28 heavy (non-hydrogen) atoms. The van der Waals surface area contributed by atoms with Gasteiger partial charge in [0.25, 0.3) is 0 Å². The van der Waals surface area contributed by atoms with E-state index in [2.05, 4.69) is 26.2 Å². The molecule has 0 radical (unpaired) electrons. The maximum absolute atomic E-state index is 4.85. The van der Waals surface area contributed by atoms with Crippen molar-refractivity contribution in [3.63, 3.8) is 0 Å². The molecule has 2 fully saturated rings. The van der Waals surface area contributed by atoms with Crippen LogP contribution in [0.2, 0.25) is 0 Å². The molecule has 0 N–H and O–H groups in total. The van der Waals surface area contributed by atoms with Gasteiger partial charge in [0.2, 0.25) is 0 Å². The van der Waals surface area contributed by atoms with Crippen molar-refractivity contribution in [3.8, 4) is 0 Å². The summed E-state index contributed by atoms with van der Waals surface area (Å²) in [5.74, 6) is 4.41. The van der Waals surface area contributed by atoms with Gasteiger partial charge in [0.05, 0.1) is 0 Å². The lowest BCUT2D eigenvalue weighted by molar-refractivity contribution is 0.295. The summed E-state index contributed by atoms with van der Waals surface area (Å²) in [5, 5.41) is 0. The van der Waals surface area contributed by atoms with Gasteiger partial charge in [-0.15, -0.1) is 0 Å². The van der Waals surface area contributed by atoms with Crippen LogP contribution in [-0.4, -0.2) is 9.97 Å². The normalized spacial score (nSPS) is 28.4. The summed E-state index contributed by atoms with van der Waals surface area (Å²) < 4.78 is 0. The molecule has 1 aromatic rings.